The largest absolute Gasteiger partial charge is 0.497 e. The first-order valence-electron chi connectivity index (χ1n) is 8.32. The third-order valence-electron chi connectivity index (χ3n) is 4.29. The van der Waals surface area contributed by atoms with Gasteiger partial charge >= 0.3 is 0 Å². The molecule has 23 heavy (non-hydrogen) atoms. The fraction of sp³-hybridized carbons (Fsp3) is 0.611. The maximum Gasteiger partial charge on any atom is 0.191 e. The van der Waals surface area contributed by atoms with Crippen LogP contribution in [0.1, 0.15) is 45.1 Å². The standard InChI is InChI=1S/C18H29N3O.HI/c1-5-19-18(21-17-12-14(17)3)20-11-10-13(2)15-6-8-16(22-4)9-7-15;/h6-9,13-14,17H,5,10-12H2,1-4H3,(H2,19,20,21);1H. The second kappa shape index (κ2) is 10.0. The van der Waals surface area contributed by atoms with E-state index >= 15 is 0 Å². The van der Waals surface area contributed by atoms with Gasteiger partial charge < -0.3 is 15.4 Å². The highest BCUT2D eigenvalue weighted by atomic mass is 127. The molecule has 2 N–H and O–H groups in total. The Morgan fingerprint density at radius 2 is 2.00 bits per heavy atom. The van der Waals surface area contributed by atoms with Crippen molar-refractivity contribution >= 4 is 29.9 Å². The lowest BCUT2D eigenvalue weighted by atomic mass is 9.98. The van der Waals surface area contributed by atoms with Crippen LogP contribution >= 0.6 is 24.0 Å². The van der Waals surface area contributed by atoms with Gasteiger partial charge in [0.15, 0.2) is 5.96 Å². The highest BCUT2D eigenvalue weighted by molar-refractivity contribution is 14.0. The van der Waals surface area contributed by atoms with Crippen LogP contribution in [0.25, 0.3) is 0 Å². The molecule has 0 heterocycles. The third-order valence-corrected chi connectivity index (χ3v) is 4.29. The molecule has 1 fully saturated rings. The summed E-state index contributed by atoms with van der Waals surface area (Å²) in [5.74, 6) is 3.14. The van der Waals surface area contributed by atoms with Gasteiger partial charge in [-0.05, 0) is 49.3 Å². The lowest BCUT2D eigenvalue weighted by Crippen LogP contribution is -2.39. The summed E-state index contributed by atoms with van der Waals surface area (Å²) >= 11 is 0. The monoisotopic (exact) mass is 431 g/mol. The summed E-state index contributed by atoms with van der Waals surface area (Å²) in [5, 5.41) is 6.82. The highest BCUT2D eigenvalue weighted by Gasteiger charge is 2.33. The number of aliphatic imine (C=N–C) groups is 1. The summed E-state index contributed by atoms with van der Waals surface area (Å²) in [6, 6.07) is 8.94. The lowest BCUT2D eigenvalue weighted by molar-refractivity contribution is 0.414. The summed E-state index contributed by atoms with van der Waals surface area (Å²) in [5.41, 5.74) is 1.34. The van der Waals surface area contributed by atoms with Crippen LogP contribution in [-0.4, -0.2) is 32.2 Å². The van der Waals surface area contributed by atoms with Gasteiger partial charge in [0.05, 0.1) is 7.11 Å². The average Bonchev–Trinajstić information content (AvgIpc) is 3.22. The zero-order chi connectivity index (χ0) is 15.9. The van der Waals surface area contributed by atoms with Crippen molar-refractivity contribution in [1.82, 2.24) is 10.6 Å². The van der Waals surface area contributed by atoms with Gasteiger partial charge in [-0.2, -0.15) is 0 Å². The van der Waals surface area contributed by atoms with Crippen molar-refractivity contribution in [2.75, 3.05) is 20.2 Å². The Kier molecular flexibility index (Phi) is 8.73. The molecule has 1 saturated carbocycles. The summed E-state index contributed by atoms with van der Waals surface area (Å²) in [6.07, 6.45) is 2.30. The molecule has 0 amide bonds. The molecule has 0 spiro atoms. The maximum atomic E-state index is 5.20. The lowest BCUT2D eigenvalue weighted by Gasteiger charge is -2.13. The summed E-state index contributed by atoms with van der Waals surface area (Å²) in [4.78, 5) is 4.70. The molecule has 3 atom stereocenters. The SMILES string of the molecule is CCNC(=NCCC(C)c1ccc(OC)cc1)NC1CC1C.I. The Hall–Kier alpha value is -0.980. The molecule has 0 radical (unpaired) electrons. The van der Waals surface area contributed by atoms with E-state index in [4.69, 9.17) is 9.73 Å². The Bertz CT molecular complexity index is 490. The van der Waals surface area contributed by atoms with Crippen molar-refractivity contribution in [3.05, 3.63) is 29.8 Å². The number of methoxy groups -OCH3 is 1. The van der Waals surface area contributed by atoms with Gasteiger partial charge in [0.2, 0.25) is 0 Å². The highest BCUT2D eigenvalue weighted by Crippen LogP contribution is 2.28. The van der Waals surface area contributed by atoms with Gasteiger partial charge in [0, 0.05) is 19.1 Å². The molecule has 1 aliphatic carbocycles. The van der Waals surface area contributed by atoms with E-state index in [0.29, 0.717) is 12.0 Å². The predicted molar refractivity (Wildman–Crippen MR) is 108 cm³/mol. The van der Waals surface area contributed by atoms with E-state index in [0.717, 1.165) is 37.1 Å². The summed E-state index contributed by atoms with van der Waals surface area (Å²) in [6.45, 7) is 8.37. The smallest absolute Gasteiger partial charge is 0.191 e. The topological polar surface area (TPSA) is 45.7 Å². The van der Waals surface area contributed by atoms with Crippen molar-refractivity contribution in [3.8, 4) is 5.75 Å². The van der Waals surface area contributed by atoms with E-state index in [1.54, 1.807) is 7.11 Å². The zero-order valence-corrected chi connectivity index (χ0v) is 17.0. The number of nitrogens with one attached hydrogen (secondary N) is 2. The van der Waals surface area contributed by atoms with Crippen LogP contribution in [0.4, 0.5) is 0 Å². The molecule has 130 valence electrons. The second-order valence-corrected chi connectivity index (χ2v) is 6.19. The molecular weight excluding hydrogens is 401 g/mol. The van der Waals surface area contributed by atoms with Crippen LogP contribution in [-0.2, 0) is 0 Å². The van der Waals surface area contributed by atoms with Gasteiger partial charge in [-0.15, -0.1) is 24.0 Å². The number of hydrogen-bond donors (Lipinski definition) is 2. The summed E-state index contributed by atoms with van der Waals surface area (Å²) in [7, 11) is 1.70. The second-order valence-electron chi connectivity index (χ2n) is 6.19. The fourth-order valence-corrected chi connectivity index (χ4v) is 2.49. The number of ether oxygens (including phenoxy) is 1. The quantitative estimate of drug-likeness (QED) is 0.393. The predicted octanol–water partition coefficient (Wildman–Crippen LogP) is 3.77. The third kappa shape index (κ3) is 6.57. The van der Waals surface area contributed by atoms with Crippen LogP contribution < -0.4 is 15.4 Å². The number of halogens is 1. The van der Waals surface area contributed by atoms with Crippen molar-refractivity contribution in [2.45, 2.75) is 45.6 Å². The van der Waals surface area contributed by atoms with Crippen molar-refractivity contribution in [1.29, 1.82) is 0 Å². The van der Waals surface area contributed by atoms with Gasteiger partial charge in [-0.25, -0.2) is 0 Å². The molecule has 5 heteroatoms. The van der Waals surface area contributed by atoms with Gasteiger partial charge in [0.25, 0.3) is 0 Å². The Morgan fingerprint density at radius 1 is 1.35 bits per heavy atom. The average molecular weight is 431 g/mol. The fourth-order valence-electron chi connectivity index (χ4n) is 2.49. The number of rotatable bonds is 7. The molecule has 0 bridgehead atoms. The van der Waals surface area contributed by atoms with E-state index in [9.17, 15) is 0 Å². The molecule has 4 nitrogen and oxygen atoms in total. The Balaban J connectivity index is 0.00000264. The van der Waals surface area contributed by atoms with E-state index < -0.39 is 0 Å². The Morgan fingerprint density at radius 3 is 2.52 bits per heavy atom. The number of nitrogens with zero attached hydrogens (tertiary/aromatic N) is 1. The molecule has 3 unspecified atom stereocenters. The van der Waals surface area contributed by atoms with Crippen LogP contribution in [0.3, 0.4) is 0 Å². The minimum atomic E-state index is 0. The minimum absolute atomic E-state index is 0. The Labute approximate surface area is 157 Å². The maximum absolute atomic E-state index is 5.20. The van der Waals surface area contributed by atoms with E-state index in [2.05, 4.69) is 43.5 Å². The van der Waals surface area contributed by atoms with E-state index in [-0.39, 0.29) is 24.0 Å². The number of hydrogen-bond acceptors (Lipinski definition) is 2. The van der Waals surface area contributed by atoms with Gasteiger partial charge in [-0.1, -0.05) is 26.0 Å². The van der Waals surface area contributed by atoms with Crippen LogP contribution in [0.15, 0.2) is 29.3 Å². The normalized spacial score (nSPS) is 21.1. The number of guanidine groups is 1. The van der Waals surface area contributed by atoms with Crippen molar-refractivity contribution in [2.24, 2.45) is 10.9 Å². The first-order valence-corrected chi connectivity index (χ1v) is 8.32. The van der Waals surface area contributed by atoms with Crippen LogP contribution in [0.2, 0.25) is 0 Å². The van der Waals surface area contributed by atoms with E-state index in [1.165, 1.54) is 12.0 Å². The zero-order valence-electron chi connectivity index (χ0n) is 14.6. The molecule has 2 rings (SSSR count). The molecular formula is C18H30IN3O. The molecule has 0 aliphatic heterocycles. The van der Waals surface area contributed by atoms with Crippen molar-refractivity contribution in [3.63, 3.8) is 0 Å². The minimum Gasteiger partial charge on any atom is -0.497 e. The molecule has 1 aliphatic rings. The van der Waals surface area contributed by atoms with Crippen LogP contribution in [0.5, 0.6) is 5.75 Å². The van der Waals surface area contributed by atoms with Crippen LogP contribution in [0, 0.1) is 5.92 Å². The molecule has 1 aromatic rings. The molecule has 0 saturated heterocycles. The number of benzene rings is 1. The summed E-state index contributed by atoms with van der Waals surface area (Å²) < 4.78 is 5.20. The van der Waals surface area contributed by atoms with E-state index in [1.807, 2.05) is 12.1 Å². The van der Waals surface area contributed by atoms with Crippen molar-refractivity contribution < 1.29 is 4.74 Å². The van der Waals surface area contributed by atoms with Gasteiger partial charge in [0.1, 0.15) is 5.75 Å². The molecule has 1 aromatic carbocycles. The first kappa shape index (κ1) is 20.1. The first-order chi connectivity index (χ1) is 10.6. The van der Waals surface area contributed by atoms with Gasteiger partial charge in [-0.3, -0.25) is 4.99 Å². The molecule has 0 aromatic heterocycles.